The number of amides is 1. The minimum absolute atomic E-state index is 0.240. The van der Waals surface area contributed by atoms with Crippen LogP contribution in [0.5, 0.6) is 0 Å². The largest absolute Gasteiger partial charge is 0.353 e. The van der Waals surface area contributed by atoms with Crippen LogP contribution in [0.4, 0.5) is 0 Å². The van der Waals surface area contributed by atoms with Gasteiger partial charge < -0.3 is 10.6 Å². The fraction of sp³-hybridized carbons (Fsp3) is 0.923. The third-order valence-corrected chi connectivity index (χ3v) is 3.56. The molecule has 2 aliphatic carbocycles. The van der Waals surface area contributed by atoms with Crippen LogP contribution in [0.2, 0.25) is 0 Å². The average molecular weight is 224 g/mol. The predicted octanol–water partition coefficient (Wildman–Crippen LogP) is 1.82. The van der Waals surface area contributed by atoms with Crippen LogP contribution >= 0.6 is 0 Å². The summed E-state index contributed by atoms with van der Waals surface area (Å²) in [5.74, 6) is 1.16. The molecule has 0 aliphatic heterocycles. The number of hydrogen-bond donors (Lipinski definition) is 2. The Bertz CT molecular complexity index is 234. The van der Waals surface area contributed by atoms with Gasteiger partial charge in [0.05, 0.1) is 0 Å². The van der Waals surface area contributed by atoms with E-state index in [0.29, 0.717) is 18.5 Å². The highest BCUT2D eigenvalue weighted by atomic mass is 16.1. The van der Waals surface area contributed by atoms with Gasteiger partial charge in [-0.2, -0.15) is 0 Å². The molecule has 3 nitrogen and oxygen atoms in total. The summed E-state index contributed by atoms with van der Waals surface area (Å²) in [5, 5.41) is 6.60. The van der Waals surface area contributed by atoms with Crippen molar-refractivity contribution >= 4 is 5.91 Å². The lowest BCUT2D eigenvalue weighted by molar-refractivity contribution is -0.121. The highest BCUT2D eigenvalue weighted by Crippen LogP contribution is 2.33. The van der Waals surface area contributed by atoms with Crippen LogP contribution in [-0.2, 0) is 4.79 Å². The molecule has 16 heavy (non-hydrogen) atoms. The second kappa shape index (κ2) is 5.67. The van der Waals surface area contributed by atoms with E-state index in [1.165, 1.54) is 32.1 Å². The lowest BCUT2D eigenvalue weighted by Gasteiger charge is -2.15. The first-order valence-electron chi connectivity index (χ1n) is 6.82. The van der Waals surface area contributed by atoms with Crippen molar-refractivity contribution in [1.82, 2.24) is 10.6 Å². The van der Waals surface area contributed by atoms with Gasteiger partial charge in [0.15, 0.2) is 0 Å². The van der Waals surface area contributed by atoms with Crippen LogP contribution in [0.3, 0.4) is 0 Å². The Balaban J connectivity index is 1.48. The molecule has 1 unspecified atom stereocenters. The van der Waals surface area contributed by atoms with Crippen molar-refractivity contribution in [3.05, 3.63) is 0 Å². The molecule has 0 aromatic heterocycles. The minimum atomic E-state index is 0.240. The second-order valence-corrected chi connectivity index (χ2v) is 5.25. The van der Waals surface area contributed by atoms with Crippen molar-refractivity contribution in [1.29, 1.82) is 0 Å². The van der Waals surface area contributed by atoms with E-state index < -0.39 is 0 Å². The molecular weight excluding hydrogens is 200 g/mol. The Morgan fingerprint density at radius 1 is 1.31 bits per heavy atom. The molecule has 1 amide bonds. The molecule has 2 saturated carbocycles. The van der Waals surface area contributed by atoms with Crippen molar-refractivity contribution in [3.8, 4) is 0 Å². The molecule has 0 radical (unpaired) electrons. The van der Waals surface area contributed by atoms with E-state index in [1.807, 2.05) is 0 Å². The van der Waals surface area contributed by atoms with Crippen LogP contribution in [-0.4, -0.2) is 24.5 Å². The van der Waals surface area contributed by atoms with Gasteiger partial charge in [-0.05, 0) is 51.0 Å². The third-order valence-electron chi connectivity index (χ3n) is 3.56. The van der Waals surface area contributed by atoms with Gasteiger partial charge in [-0.15, -0.1) is 0 Å². The molecule has 2 rings (SSSR count). The SMILES string of the molecule is CCC(NCCCC(=O)NC1CC1)C1CC1. The summed E-state index contributed by atoms with van der Waals surface area (Å²) in [4.78, 5) is 11.4. The zero-order valence-electron chi connectivity index (χ0n) is 10.3. The topological polar surface area (TPSA) is 41.1 Å². The van der Waals surface area contributed by atoms with Gasteiger partial charge in [0.2, 0.25) is 5.91 Å². The van der Waals surface area contributed by atoms with Crippen molar-refractivity contribution < 1.29 is 4.79 Å². The lowest BCUT2D eigenvalue weighted by atomic mass is 10.1. The van der Waals surface area contributed by atoms with Gasteiger partial charge in [0.25, 0.3) is 0 Å². The Morgan fingerprint density at radius 3 is 2.62 bits per heavy atom. The smallest absolute Gasteiger partial charge is 0.220 e. The predicted molar refractivity (Wildman–Crippen MR) is 65.2 cm³/mol. The van der Waals surface area contributed by atoms with Crippen LogP contribution < -0.4 is 10.6 Å². The summed E-state index contributed by atoms with van der Waals surface area (Å²) < 4.78 is 0. The average Bonchev–Trinajstić information content (AvgIpc) is 3.11. The fourth-order valence-corrected chi connectivity index (χ4v) is 2.21. The first-order chi connectivity index (χ1) is 7.79. The maximum absolute atomic E-state index is 11.4. The van der Waals surface area contributed by atoms with Crippen molar-refractivity contribution in [2.45, 2.75) is 64.0 Å². The van der Waals surface area contributed by atoms with Crippen molar-refractivity contribution in [2.75, 3.05) is 6.54 Å². The molecule has 2 aliphatic rings. The summed E-state index contributed by atoms with van der Waals surface area (Å²) >= 11 is 0. The summed E-state index contributed by atoms with van der Waals surface area (Å²) in [7, 11) is 0. The molecule has 0 aromatic rings. The summed E-state index contributed by atoms with van der Waals surface area (Å²) in [6, 6.07) is 1.21. The quantitative estimate of drug-likeness (QED) is 0.618. The van der Waals surface area contributed by atoms with E-state index in [4.69, 9.17) is 0 Å². The van der Waals surface area contributed by atoms with E-state index in [2.05, 4.69) is 17.6 Å². The molecule has 0 saturated heterocycles. The fourth-order valence-electron chi connectivity index (χ4n) is 2.21. The van der Waals surface area contributed by atoms with E-state index in [-0.39, 0.29) is 5.91 Å². The van der Waals surface area contributed by atoms with Gasteiger partial charge in [0.1, 0.15) is 0 Å². The van der Waals surface area contributed by atoms with Gasteiger partial charge in [-0.25, -0.2) is 0 Å². The number of carbonyl (C=O) groups is 1. The summed E-state index contributed by atoms with van der Waals surface area (Å²) in [6.07, 6.45) is 8.04. The number of hydrogen-bond acceptors (Lipinski definition) is 2. The molecular formula is C13H24N2O. The Morgan fingerprint density at radius 2 is 2.06 bits per heavy atom. The normalized spacial score (nSPS) is 21.8. The first kappa shape index (κ1) is 11.9. The summed E-state index contributed by atoms with van der Waals surface area (Å²) in [6.45, 7) is 3.24. The van der Waals surface area contributed by atoms with Crippen LogP contribution in [0.1, 0.15) is 51.9 Å². The minimum Gasteiger partial charge on any atom is -0.353 e. The van der Waals surface area contributed by atoms with E-state index in [0.717, 1.165) is 18.9 Å². The van der Waals surface area contributed by atoms with Crippen molar-refractivity contribution in [2.24, 2.45) is 5.92 Å². The lowest BCUT2D eigenvalue weighted by Crippen LogP contribution is -2.32. The molecule has 0 heterocycles. The monoisotopic (exact) mass is 224 g/mol. The maximum Gasteiger partial charge on any atom is 0.220 e. The van der Waals surface area contributed by atoms with Crippen LogP contribution in [0.25, 0.3) is 0 Å². The first-order valence-corrected chi connectivity index (χ1v) is 6.82. The molecule has 3 heteroatoms. The van der Waals surface area contributed by atoms with Gasteiger partial charge in [-0.1, -0.05) is 6.92 Å². The Hall–Kier alpha value is -0.570. The molecule has 0 bridgehead atoms. The third kappa shape index (κ3) is 4.12. The van der Waals surface area contributed by atoms with E-state index >= 15 is 0 Å². The zero-order valence-corrected chi connectivity index (χ0v) is 10.3. The van der Waals surface area contributed by atoms with E-state index in [1.54, 1.807) is 0 Å². The van der Waals surface area contributed by atoms with Gasteiger partial charge >= 0.3 is 0 Å². The standard InChI is InChI=1S/C13H24N2O/c1-2-12(10-5-6-10)14-9-3-4-13(16)15-11-7-8-11/h10-12,14H,2-9H2,1H3,(H,15,16). The molecule has 0 spiro atoms. The Kier molecular flexibility index (Phi) is 4.22. The summed E-state index contributed by atoms with van der Waals surface area (Å²) in [5.41, 5.74) is 0. The van der Waals surface area contributed by atoms with Crippen LogP contribution in [0.15, 0.2) is 0 Å². The molecule has 0 aromatic carbocycles. The molecule has 2 N–H and O–H groups in total. The van der Waals surface area contributed by atoms with Crippen LogP contribution in [0, 0.1) is 5.92 Å². The number of carbonyl (C=O) groups excluding carboxylic acids is 1. The van der Waals surface area contributed by atoms with Gasteiger partial charge in [0, 0.05) is 18.5 Å². The van der Waals surface area contributed by atoms with E-state index in [9.17, 15) is 4.79 Å². The maximum atomic E-state index is 11.4. The van der Waals surface area contributed by atoms with Crippen molar-refractivity contribution in [3.63, 3.8) is 0 Å². The van der Waals surface area contributed by atoms with Gasteiger partial charge in [-0.3, -0.25) is 4.79 Å². The zero-order chi connectivity index (χ0) is 11.4. The molecule has 92 valence electrons. The number of rotatable bonds is 8. The Labute approximate surface area is 98.4 Å². The number of nitrogens with one attached hydrogen (secondary N) is 2. The molecule has 1 atom stereocenters. The molecule has 2 fully saturated rings. The highest BCUT2D eigenvalue weighted by molar-refractivity contribution is 5.76. The highest BCUT2D eigenvalue weighted by Gasteiger charge is 2.29. The second-order valence-electron chi connectivity index (χ2n) is 5.25.